The lowest BCUT2D eigenvalue weighted by atomic mass is 9.95. The zero-order valence-corrected chi connectivity index (χ0v) is 18.9. The largest absolute Gasteiger partial charge is 0.507 e. The molecule has 1 saturated heterocycles. The minimum absolute atomic E-state index is 0.102. The highest BCUT2D eigenvalue weighted by atomic mass is 32.2. The van der Waals surface area contributed by atoms with E-state index >= 15 is 0 Å². The average molecular weight is 503 g/mol. The topological polar surface area (TPSA) is 66.8 Å². The van der Waals surface area contributed by atoms with Gasteiger partial charge in [-0.3, -0.25) is 14.5 Å². The third-order valence-corrected chi connectivity index (χ3v) is 6.08. The van der Waals surface area contributed by atoms with Crippen LogP contribution in [0.4, 0.5) is 23.2 Å². The number of methoxy groups -OCH3 is 1. The van der Waals surface area contributed by atoms with Crippen molar-refractivity contribution in [3.63, 3.8) is 0 Å². The molecule has 35 heavy (non-hydrogen) atoms. The van der Waals surface area contributed by atoms with E-state index in [1.54, 1.807) is 12.1 Å². The molecule has 0 aliphatic carbocycles. The monoisotopic (exact) mass is 503 g/mol. The molecule has 1 N–H and O–H groups in total. The molecule has 3 aromatic rings. The van der Waals surface area contributed by atoms with Crippen molar-refractivity contribution >= 4 is 34.9 Å². The first-order chi connectivity index (χ1) is 16.6. The Morgan fingerprint density at radius 1 is 0.943 bits per heavy atom. The molecule has 1 aliphatic heterocycles. The number of carbonyl (C=O) groups is 2. The fourth-order valence-corrected chi connectivity index (χ4v) is 4.31. The molecule has 1 fully saturated rings. The lowest BCUT2D eigenvalue weighted by Crippen LogP contribution is -2.29. The molecule has 1 unspecified atom stereocenters. The van der Waals surface area contributed by atoms with E-state index in [0.29, 0.717) is 11.3 Å². The summed E-state index contributed by atoms with van der Waals surface area (Å²) in [7, 11) is 1.47. The van der Waals surface area contributed by atoms with Crippen LogP contribution in [0, 0.1) is 5.82 Å². The van der Waals surface area contributed by atoms with Crippen LogP contribution < -0.4 is 9.64 Å². The van der Waals surface area contributed by atoms with Gasteiger partial charge in [-0.1, -0.05) is 12.1 Å². The number of aliphatic hydroxyl groups is 1. The molecule has 0 bridgehead atoms. The normalized spacial score (nSPS) is 17.6. The van der Waals surface area contributed by atoms with Crippen molar-refractivity contribution in [2.45, 2.75) is 16.4 Å². The van der Waals surface area contributed by atoms with Crippen LogP contribution in [0.2, 0.25) is 0 Å². The van der Waals surface area contributed by atoms with E-state index in [0.717, 1.165) is 17.0 Å². The zero-order chi connectivity index (χ0) is 25.3. The summed E-state index contributed by atoms with van der Waals surface area (Å²) in [6, 6.07) is 14.9. The van der Waals surface area contributed by atoms with Crippen LogP contribution in [0.15, 0.2) is 83.3 Å². The Morgan fingerprint density at radius 3 is 2.09 bits per heavy atom. The van der Waals surface area contributed by atoms with E-state index in [2.05, 4.69) is 0 Å². The number of rotatable bonds is 5. The first kappa shape index (κ1) is 24.3. The third-order valence-electron chi connectivity index (χ3n) is 5.34. The van der Waals surface area contributed by atoms with Gasteiger partial charge < -0.3 is 9.84 Å². The molecule has 1 amide bonds. The van der Waals surface area contributed by atoms with E-state index in [4.69, 9.17) is 4.74 Å². The van der Waals surface area contributed by atoms with E-state index in [9.17, 15) is 32.3 Å². The molecule has 0 radical (unpaired) electrons. The van der Waals surface area contributed by atoms with Crippen LogP contribution in [-0.2, 0) is 9.59 Å². The van der Waals surface area contributed by atoms with Gasteiger partial charge in [-0.2, -0.15) is 13.2 Å². The Labute approximate surface area is 201 Å². The summed E-state index contributed by atoms with van der Waals surface area (Å²) in [6.45, 7) is 0. The van der Waals surface area contributed by atoms with E-state index < -0.39 is 34.8 Å². The summed E-state index contributed by atoms with van der Waals surface area (Å²) in [4.78, 5) is 27.1. The van der Waals surface area contributed by atoms with Crippen LogP contribution in [0.5, 0.6) is 5.75 Å². The number of amides is 1. The summed E-state index contributed by atoms with van der Waals surface area (Å²) in [5, 5.41) is 11.0. The van der Waals surface area contributed by atoms with Crippen molar-refractivity contribution in [3.05, 3.63) is 95.3 Å². The van der Waals surface area contributed by atoms with Crippen molar-refractivity contribution in [2.24, 2.45) is 0 Å². The summed E-state index contributed by atoms with van der Waals surface area (Å²) < 4.78 is 56.8. The molecule has 10 heteroatoms. The maximum atomic E-state index is 13.6. The third kappa shape index (κ3) is 5.02. The summed E-state index contributed by atoms with van der Waals surface area (Å²) in [5.74, 6) is -2.46. The Bertz CT molecular complexity index is 1290. The summed E-state index contributed by atoms with van der Waals surface area (Å²) >= 11 is -0.314. The number of aliphatic hydroxyl groups excluding tert-OH is 1. The second kappa shape index (κ2) is 9.46. The van der Waals surface area contributed by atoms with Crippen molar-refractivity contribution in [1.29, 1.82) is 0 Å². The van der Waals surface area contributed by atoms with Gasteiger partial charge in [0.1, 0.15) is 17.3 Å². The van der Waals surface area contributed by atoms with Crippen LogP contribution in [0.3, 0.4) is 0 Å². The minimum atomic E-state index is -4.49. The van der Waals surface area contributed by atoms with Gasteiger partial charge >= 0.3 is 5.51 Å². The molecule has 1 atom stereocenters. The van der Waals surface area contributed by atoms with Crippen LogP contribution >= 0.6 is 11.8 Å². The van der Waals surface area contributed by atoms with Crippen LogP contribution in [0.1, 0.15) is 17.2 Å². The quantitative estimate of drug-likeness (QED) is 0.150. The number of ketones is 1. The van der Waals surface area contributed by atoms with Crippen molar-refractivity contribution < 1.29 is 37.0 Å². The Morgan fingerprint density at radius 2 is 1.54 bits per heavy atom. The number of carbonyl (C=O) groups excluding carboxylic acids is 2. The first-order valence-corrected chi connectivity index (χ1v) is 11.0. The molecule has 1 heterocycles. The SMILES string of the molecule is COc1ccc(/C(O)=C2/C(=O)C(=O)N(c3ccc(SC(F)(F)F)cc3)C2c2ccc(F)cc2)cc1. The lowest BCUT2D eigenvalue weighted by Gasteiger charge is -2.25. The standard InChI is InChI=1S/C25H17F4NO4S/c1-34-18-10-4-15(5-11-18)22(31)20-21(14-2-6-16(26)7-3-14)30(24(33)23(20)32)17-8-12-19(13-9-17)35-25(27,28)29/h2-13,21,31H,1H3/b22-20-. The van der Waals surface area contributed by atoms with Gasteiger partial charge in [-0.05, 0) is 78.0 Å². The number of thioether (sulfide) groups is 1. The fraction of sp³-hybridized carbons (Fsp3) is 0.120. The number of benzene rings is 3. The van der Waals surface area contributed by atoms with Gasteiger partial charge in [-0.25, -0.2) is 4.39 Å². The second-order valence-electron chi connectivity index (χ2n) is 7.49. The second-order valence-corrected chi connectivity index (χ2v) is 8.63. The van der Waals surface area contributed by atoms with E-state index in [-0.39, 0.29) is 33.5 Å². The fourth-order valence-electron chi connectivity index (χ4n) is 3.77. The number of Topliss-reactive ketones (excluding diaryl/α,β-unsaturated/α-hetero) is 1. The molecule has 0 spiro atoms. The molecular weight excluding hydrogens is 486 g/mol. The highest BCUT2D eigenvalue weighted by molar-refractivity contribution is 8.00. The van der Waals surface area contributed by atoms with Gasteiger partial charge in [0.2, 0.25) is 0 Å². The molecule has 5 nitrogen and oxygen atoms in total. The highest BCUT2D eigenvalue weighted by Gasteiger charge is 2.47. The van der Waals surface area contributed by atoms with E-state index in [1.807, 2.05) is 0 Å². The molecule has 180 valence electrons. The molecular formula is C25H17F4NO4S. The highest BCUT2D eigenvalue weighted by Crippen LogP contribution is 2.43. The number of alkyl halides is 3. The predicted molar refractivity (Wildman–Crippen MR) is 123 cm³/mol. The van der Waals surface area contributed by atoms with Crippen molar-refractivity contribution in [2.75, 3.05) is 12.0 Å². The summed E-state index contributed by atoms with van der Waals surface area (Å²) in [6.07, 6.45) is 0. The van der Waals surface area contributed by atoms with Gasteiger partial charge in [0, 0.05) is 16.1 Å². The van der Waals surface area contributed by atoms with E-state index in [1.165, 1.54) is 55.6 Å². The molecule has 1 aliphatic rings. The molecule has 4 rings (SSSR count). The Kier molecular flexibility index (Phi) is 6.58. The number of ether oxygens (including phenoxy) is 1. The zero-order valence-electron chi connectivity index (χ0n) is 18.0. The average Bonchev–Trinajstić information content (AvgIpc) is 3.09. The molecule has 0 saturated carbocycles. The van der Waals surface area contributed by atoms with Gasteiger partial charge in [0.05, 0.1) is 18.7 Å². The first-order valence-electron chi connectivity index (χ1n) is 10.2. The minimum Gasteiger partial charge on any atom is -0.507 e. The number of halogens is 4. The maximum Gasteiger partial charge on any atom is 0.446 e. The van der Waals surface area contributed by atoms with Crippen LogP contribution in [-0.4, -0.2) is 29.4 Å². The van der Waals surface area contributed by atoms with Crippen molar-refractivity contribution in [1.82, 2.24) is 0 Å². The maximum absolute atomic E-state index is 13.6. The Balaban J connectivity index is 1.83. The van der Waals surface area contributed by atoms with Crippen molar-refractivity contribution in [3.8, 4) is 5.75 Å². The number of nitrogens with zero attached hydrogens (tertiary/aromatic N) is 1. The predicted octanol–water partition coefficient (Wildman–Crippen LogP) is 6.07. The lowest BCUT2D eigenvalue weighted by molar-refractivity contribution is -0.132. The number of hydrogen-bond donors (Lipinski definition) is 1. The summed E-state index contributed by atoms with van der Waals surface area (Å²) in [5.41, 5.74) is -4.01. The number of anilines is 1. The molecule has 3 aromatic carbocycles. The van der Waals surface area contributed by atoms with Gasteiger partial charge in [-0.15, -0.1) is 0 Å². The van der Waals surface area contributed by atoms with Gasteiger partial charge in [0.15, 0.2) is 0 Å². The Hall–Kier alpha value is -3.79. The van der Waals surface area contributed by atoms with Crippen LogP contribution in [0.25, 0.3) is 5.76 Å². The molecule has 0 aromatic heterocycles. The van der Waals surface area contributed by atoms with Gasteiger partial charge in [0.25, 0.3) is 11.7 Å². The smallest absolute Gasteiger partial charge is 0.446 e. The number of hydrogen-bond acceptors (Lipinski definition) is 5.